The van der Waals surface area contributed by atoms with Crippen molar-refractivity contribution in [3.8, 4) is 23.3 Å². The minimum absolute atomic E-state index is 0.0257. The molecule has 0 atom stereocenters. The van der Waals surface area contributed by atoms with E-state index >= 15 is 0 Å². The molecule has 1 fully saturated rings. The molecule has 0 spiro atoms. The monoisotopic (exact) mass is 464 g/mol. The van der Waals surface area contributed by atoms with Crippen LogP contribution in [-0.2, 0) is 0 Å². The number of anilines is 1. The zero-order valence-corrected chi connectivity index (χ0v) is 18.4. The number of carbonyl (C=O) groups is 1. The minimum atomic E-state index is -2.91. The number of ether oxygens (including phenoxy) is 2. The second kappa shape index (κ2) is 10.6. The van der Waals surface area contributed by atoms with Crippen LogP contribution in [0, 0.1) is 11.8 Å². The van der Waals surface area contributed by atoms with Crippen molar-refractivity contribution < 1.29 is 23.0 Å². The highest BCUT2D eigenvalue weighted by Gasteiger charge is 2.24. The maximum absolute atomic E-state index is 13.1. The first-order valence-electron chi connectivity index (χ1n) is 10.6. The Kier molecular flexibility index (Phi) is 7.18. The summed E-state index contributed by atoms with van der Waals surface area (Å²) in [6, 6.07) is 13.0. The van der Waals surface area contributed by atoms with Crippen LogP contribution in [0.4, 0.5) is 14.7 Å². The molecule has 3 aromatic rings. The molecule has 0 radical (unpaired) electrons. The summed E-state index contributed by atoms with van der Waals surface area (Å²) in [6.07, 6.45) is 3.39. The fraction of sp³-hybridized carbons (Fsp3) is 0.240. The van der Waals surface area contributed by atoms with Crippen LogP contribution >= 0.6 is 0 Å². The largest absolute Gasteiger partial charge is 0.495 e. The van der Waals surface area contributed by atoms with Crippen molar-refractivity contribution in [2.24, 2.45) is 0 Å². The van der Waals surface area contributed by atoms with Gasteiger partial charge in [-0.05, 0) is 42.5 Å². The van der Waals surface area contributed by atoms with Crippen LogP contribution in [0.3, 0.4) is 0 Å². The summed E-state index contributed by atoms with van der Waals surface area (Å²) in [5.74, 6) is 6.98. The molecule has 9 heteroatoms. The SMILES string of the molecule is COc1ccc(C(=O)N2CCN(c3ncccn3)CC2)cc1C#Cc1cccc(OC(F)F)c1. The van der Waals surface area contributed by atoms with Crippen LogP contribution in [0.25, 0.3) is 0 Å². The summed E-state index contributed by atoms with van der Waals surface area (Å²) >= 11 is 0. The van der Waals surface area contributed by atoms with Gasteiger partial charge in [-0.1, -0.05) is 17.9 Å². The number of methoxy groups -OCH3 is 1. The van der Waals surface area contributed by atoms with Gasteiger partial charge in [0.2, 0.25) is 5.95 Å². The Morgan fingerprint density at radius 1 is 1.00 bits per heavy atom. The number of alkyl halides is 2. The van der Waals surface area contributed by atoms with Gasteiger partial charge in [-0.25, -0.2) is 9.97 Å². The van der Waals surface area contributed by atoms with E-state index < -0.39 is 6.61 Å². The number of amides is 1. The Morgan fingerprint density at radius 3 is 2.47 bits per heavy atom. The predicted octanol–water partition coefficient (Wildman–Crippen LogP) is 3.45. The van der Waals surface area contributed by atoms with Crippen LogP contribution in [0.15, 0.2) is 60.9 Å². The molecular formula is C25H22F2N4O3. The Hall–Kier alpha value is -4.19. The van der Waals surface area contributed by atoms with Gasteiger partial charge in [-0.15, -0.1) is 0 Å². The minimum Gasteiger partial charge on any atom is -0.495 e. The van der Waals surface area contributed by atoms with Gasteiger partial charge in [0, 0.05) is 49.7 Å². The average Bonchev–Trinajstić information content (AvgIpc) is 2.87. The van der Waals surface area contributed by atoms with E-state index in [1.54, 1.807) is 53.7 Å². The molecule has 7 nitrogen and oxygen atoms in total. The molecule has 34 heavy (non-hydrogen) atoms. The van der Waals surface area contributed by atoms with Crippen LogP contribution < -0.4 is 14.4 Å². The number of carbonyl (C=O) groups excluding carboxylic acids is 1. The normalized spacial score (nSPS) is 13.3. The third-order valence-corrected chi connectivity index (χ3v) is 5.25. The summed E-state index contributed by atoms with van der Waals surface area (Å²) < 4.78 is 34.7. The van der Waals surface area contributed by atoms with Crippen molar-refractivity contribution in [3.63, 3.8) is 0 Å². The van der Waals surface area contributed by atoms with Crippen LogP contribution in [0.1, 0.15) is 21.5 Å². The fourth-order valence-electron chi connectivity index (χ4n) is 3.57. The molecule has 0 N–H and O–H groups in total. The maximum atomic E-state index is 13.1. The third kappa shape index (κ3) is 5.59. The van der Waals surface area contributed by atoms with E-state index in [9.17, 15) is 13.6 Å². The van der Waals surface area contributed by atoms with Gasteiger partial charge in [0.15, 0.2) is 0 Å². The van der Waals surface area contributed by atoms with E-state index in [2.05, 4.69) is 26.5 Å². The number of hydrogen-bond donors (Lipinski definition) is 0. The number of aromatic nitrogens is 2. The number of rotatable bonds is 5. The van der Waals surface area contributed by atoms with Crippen molar-refractivity contribution >= 4 is 11.9 Å². The van der Waals surface area contributed by atoms with E-state index in [-0.39, 0.29) is 11.7 Å². The maximum Gasteiger partial charge on any atom is 0.387 e. The average molecular weight is 464 g/mol. The van der Waals surface area contributed by atoms with Crippen LogP contribution in [0.5, 0.6) is 11.5 Å². The van der Waals surface area contributed by atoms with E-state index in [0.29, 0.717) is 54.6 Å². The first-order chi connectivity index (χ1) is 16.5. The second-order valence-corrected chi connectivity index (χ2v) is 7.40. The quantitative estimate of drug-likeness (QED) is 0.539. The van der Waals surface area contributed by atoms with E-state index in [0.717, 1.165) is 0 Å². The molecule has 1 amide bonds. The lowest BCUT2D eigenvalue weighted by molar-refractivity contribution is -0.0498. The molecular weight excluding hydrogens is 442 g/mol. The van der Waals surface area contributed by atoms with Crippen LogP contribution in [0.2, 0.25) is 0 Å². The fourth-order valence-corrected chi connectivity index (χ4v) is 3.57. The summed E-state index contributed by atoms with van der Waals surface area (Å²) in [5, 5.41) is 0. The Bertz CT molecular complexity index is 1200. The van der Waals surface area contributed by atoms with Crippen molar-refractivity contribution in [3.05, 3.63) is 77.6 Å². The lowest BCUT2D eigenvalue weighted by Gasteiger charge is -2.34. The summed E-state index contributed by atoms with van der Waals surface area (Å²) in [5.41, 5.74) is 1.50. The zero-order valence-electron chi connectivity index (χ0n) is 18.4. The molecule has 2 heterocycles. The Balaban J connectivity index is 1.49. The van der Waals surface area contributed by atoms with Gasteiger partial charge in [-0.2, -0.15) is 8.78 Å². The van der Waals surface area contributed by atoms with Crippen LogP contribution in [-0.4, -0.2) is 60.7 Å². The van der Waals surface area contributed by atoms with E-state index in [1.807, 2.05) is 4.90 Å². The molecule has 1 aromatic heterocycles. The topological polar surface area (TPSA) is 67.8 Å². The highest BCUT2D eigenvalue weighted by atomic mass is 19.3. The number of piperazine rings is 1. The summed E-state index contributed by atoms with van der Waals surface area (Å²) in [4.78, 5) is 25.5. The van der Waals surface area contributed by atoms with Gasteiger partial charge < -0.3 is 19.3 Å². The molecule has 1 aliphatic rings. The zero-order chi connectivity index (χ0) is 23.9. The van der Waals surface area contributed by atoms with Gasteiger partial charge in [0.05, 0.1) is 12.7 Å². The predicted molar refractivity (Wildman–Crippen MR) is 122 cm³/mol. The van der Waals surface area contributed by atoms with Crippen molar-refractivity contribution in [2.75, 3.05) is 38.2 Å². The summed E-state index contributed by atoms with van der Waals surface area (Å²) in [6.45, 7) is -0.555. The first-order valence-corrected chi connectivity index (χ1v) is 10.6. The third-order valence-electron chi connectivity index (χ3n) is 5.25. The molecule has 1 saturated heterocycles. The molecule has 4 rings (SSSR count). The highest BCUT2D eigenvalue weighted by molar-refractivity contribution is 5.95. The van der Waals surface area contributed by atoms with Gasteiger partial charge in [-0.3, -0.25) is 4.79 Å². The molecule has 0 saturated carbocycles. The van der Waals surface area contributed by atoms with Gasteiger partial charge in [0.1, 0.15) is 11.5 Å². The van der Waals surface area contributed by atoms with Crippen molar-refractivity contribution in [1.29, 1.82) is 0 Å². The Labute approximate surface area is 196 Å². The highest BCUT2D eigenvalue weighted by Crippen LogP contribution is 2.22. The van der Waals surface area contributed by atoms with Crippen molar-refractivity contribution in [1.82, 2.24) is 14.9 Å². The molecule has 0 bridgehead atoms. The molecule has 1 aliphatic heterocycles. The van der Waals surface area contributed by atoms with E-state index in [4.69, 9.17) is 4.74 Å². The lowest BCUT2D eigenvalue weighted by atomic mass is 10.1. The van der Waals surface area contributed by atoms with Gasteiger partial charge in [0.25, 0.3) is 5.91 Å². The Morgan fingerprint density at radius 2 is 1.76 bits per heavy atom. The molecule has 174 valence electrons. The number of hydrogen-bond acceptors (Lipinski definition) is 6. The first kappa shape index (κ1) is 23.0. The van der Waals surface area contributed by atoms with Gasteiger partial charge >= 0.3 is 6.61 Å². The second-order valence-electron chi connectivity index (χ2n) is 7.40. The van der Waals surface area contributed by atoms with E-state index in [1.165, 1.54) is 19.2 Å². The molecule has 2 aromatic carbocycles. The summed E-state index contributed by atoms with van der Waals surface area (Å²) in [7, 11) is 1.52. The standard InChI is InChI=1S/C25H22F2N4O3/c1-33-22-9-8-20(17-19(22)7-6-18-4-2-5-21(16-18)34-24(26)27)23(32)30-12-14-31(15-13-30)25-28-10-3-11-29-25/h2-5,8-11,16-17,24H,12-15H2,1H3. The molecule has 0 unspecified atom stereocenters. The van der Waals surface area contributed by atoms with Crippen molar-refractivity contribution in [2.45, 2.75) is 6.61 Å². The number of halogens is 2. The number of benzene rings is 2. The molecule has 0 aliphatic carbocycles. The lowest BCUT2D eigenvalue weighted by Crippen LogP contribution is -2.49. The number of nitrogens with zero attached hydrogens (tertiary/aromatic N) is 4. The smallest absolute Gasteiger partial charge is 0.387 e.